The molecule has 3 aromatic heterocycles. The van der Waals surface area contributed by atoms with Gasteiger partial charge in [0.25, 0.3) is 5.56 Å². The molecule has 4 aliphatic heterocycles. The lowest BCUT2D eigenvalue weighted by molar-refractivity contribution is -0.135. The number of hydrogen-bond acceptors (Lipinski definition) is 15. The number of halogens is 1. The van der Waals surface area contributed by atoms with Crippen LogP contribution >= 0.6 is 23.1 Å². The van der Waals surface area contributed by atoms with Crippen molar-refractivity contribution in [1.82, 2.24) is 44.0 Å². The standard InChI is InChI=1S/C52H65BrN13O6P/c1-7-33-25-39(57-51-54-28-37(53)48(59-51)56-38-14-13-35-36(47(38)73(5,6)71)27-55-65(8-2)50(35)69)44(72-9-3)26-43(33)63-19-17-34(18-20-63)62-23-21-61(22-24-62)29-32-30-64(31-32)40-11-10-12-41-46(40)60(4)52(70)66(41)42-15-16-45(67)58-49(42)68/h10-14,25-28,32,34,42H,7-9,15-24,29-31H2,1-6H3,(H,58,67,68)(H2,54,56,57,59). The molecule has 3 aromatic carbocycles. The topological polar surface area (TPSA) is 197 Å². The molecule has 4 fully saturated rings. The van der Waals surface area contributed by atoms with E-state index in [-0.39, 0.29) is 23.6 Å². The number of fused-ring (bicyclic) bond motifs is 2. The summed E-state index contributed by atoms with van der Waals surface area (Å²) in [5.74, 6) is 1.35. The minimum Gasteiger partial charge on any atom is -0.492 e. The number of para-hydroxylation sites is 1. The molecule has 0 radical (unpaired) electrons. The Morgan fingerprint density at radius 3 is 2.33 bits per heavy atom. The second-order valence-electron chi connectivity index (χ2n) is 20.1. The van der Waals surface area contributed by atoms with E-state index in [2.05, 4.69) is 86.7 Å². The fourth-order valence-electron chi connectivity index (χ4n) is 11.4. The third-order valence-electron chi connectivity index (χ3n) is 15.1. The molecule has 4 aliphatic rings. The quantitative estimate of drug-likeness (QED) is 0.0797. The molecule has 10 rings (SSSR count). The molecule has 386 valence electrons. The van der Waals surface area contributed by atoms with Crippen molar-refractivity contribution in [2.45, 2.75) is 71.5 Å². The highest BCUT2D eigenvalue weighted by atomic mass is 79.9. The molecule has 19 nitrogen and oxygen atoms in total. The van der Waals surface area contributed by atoms with Crippen LogP contribution in [0.5, 0.6) is 5.75 Å². The molecular formula is C52H65BrN13O6P. The number of rotatable bonds is 15. The van der Waals surface area contributed by atoms with Crippen LogP contribution < -0.4 is 47.0 Å². The Morgan fingerprint density at radius 2 is 1.63 bits per heavy atom. The predicted octanol–water partition coefficient (Wildman–Crippen LogP) is 6.02. The number of benzene rings is 3. The second kappa shape index (κ2) is 20.7. The van der Waals surface area contributed by atoms with Gasteiger partial charge < -0.3 is 34.6 Å². The number of anilines is 6. The van der Waals surface area contributed by atoms with Crippen molar-refractivity contribution in [2.75, 3.05) is 99.3 Å². The number of imide groups is 1. The van der Waals surface area contributed by atoms with Crippen LogP contribution in [0, 0.1) is 5.92 Å². The van der Waals surface area contributed by atoms with Gasteiger partial charge in [0.1, 0.15) is 24.8 Å². The van der Waals surface area contributed by atoms with Gasteiger partial charge >= 0.3 is 5.69 Å². The molecule has 1 unspecified atom stereocenters. The van der Waals surface area contributed by atoms with Gasteiger partial charge in [-0.05, 0) is 105 Å². The number of aryl methyl sites for hydroxylation is 3. The number of carbonyl (C=O) groups is 2. The summed E-state index contributed by atoms with van der Waals surface area (Å²) in [5, 5.41) is 15.1. The van der Waals surface area contributed by atoms with E-state index in [9.17, 15) is 23.7 Å². The Hall–Kier alpha value is -6.08. The number of ether oxygens (including phenoxy) is 1. The summed E-state index contributed by atoms with van der Waals surface area (Å²) in [6, 6.07) is 13.6. The third-order valence-corrected chi connectivity index (χ3v) is 17.2. The lowest BCUT2D eigenvalue weighted by atomic mass is 9.97. The minimum absolute atomic E-state index is 0.216. The van der Waals surface area contributed by atoms with Crippen LogP contribution in [0.25, 0.3) is 21.8 Å². The van der Waals surface area contributed by atoms with Crippen molar-refractivity contribution in [3.05, 3.63) is 85.7 Å². The van der Waals surface area contributed by atoms with Crippen molar-refractivity contribution in [1.29, 1.82) is 0 Å². The first kappa shape index (κ1) is 50.5. The minimum atomic E-state index is -2.91. The molecular weight excluding hydrogens is 1010 g/mol. The molecule has 4 saturated heterocycles. The van der Waals surface area contributed by atoms with Crippen LogP contribution in [0.4, 0.5) is 34.5 Å². The fraction of sp³-hybridized carbons (Fsp3) is 0.481. The molecule has 0 saturated carbocycles. The fourth-order valence-corrected chi connectivity index (χ4v) is 13.2. The SMILES string of the molecule is CCOc1cc(N2CCC(N3CCN(CC4CN(c5cccc6c5n(C)c(=O)n6C5CCC(=O)NC5=O)C4)CC3)CC2)c(CC)cc1Nc1ncc(Br)c(Nc2ccc3c(=O)n(CC)ncc3c2P(C)(C)=O)n1. The van der Waals surface area contributed by atoms with E-state index < -0.39 is 19.1 Å². The Balaban J connectivity index is 0.750. The van der Waals surface area contributed by atoms with Crippen molar-refractivity contribution in [3.63, 3.8) is 0 Å². The summed E-state index contributed by atoms with van der Waals surface area (Å²) in [6.45, 7) is 19.3. The van der Waals surface area contributed by atoms with Gasteiger partial charge in [0.15, 0.2) is 0 Å². The van der Waals surface area contributed by atoms with Crippen molar-refractivity contribution in [2.24, 2.45) is 13.0 Å². The summed E-state index contributed by atoms with van der Waals surface area (Å²) in [6.07, 6.45) is 6.83. The van der Waals surface area contributed by atoms with Gasteiger partial charge in [-0.25, -0.2) is 14.5 Å². The van der Waals surface area contributed by atoms with E-state index in [1.807, 2.05) is 26.0 Å². The molecule has 1 atom stereocenters. The number of aromatic nitrogens is 6. The first-order valence-corrected chi connectivity index (χ1v) is 29.0. The van der Waals surface area contributed by atoms with Crippen LogP contribution in [0.15, 0.2) is 68.9 Å². The van der Waals surface area contributed by atoms with E-state index in [1.54, 1.807) is 54.0 Å². The normalized spacial score (nSPS) is 18.6. The van der Waals surface area contributed by atoms with E-state index in [1.165, 1.54) is 15.9 Å². The van der Waals surface area contributed by atoms with Crippen LogP contribution in [0.3, 0.4) is 0 Å². The number of hydrogen-bond donors (Lipinski definition) is 3. The third kappa shape index (κ3) is 9.90. The van der Waals surface area contributed by atoms with Crippen LogP contribution in [0.1, 0.15) is 58.1 Å². The highest BCUT2D eigenvalue weighted by Gasteiger charge is 2.36. The van der Waals surface area contributed by atoms with E-state index >= 15 is 0 Å². The number of piperazine rings is 1. The summed E-state index contributed by atoms with van der Waals surface area (Å²) in [7, 11) is -1.15. The maximum Gasteiger partial charge on any atom is 0.329 e. The zero-order chi connectivity index (χ0) is 51.3. The van der Waals surface area contributed by atoms with E-state index in [0.717, 1.165) is 106 Å². The highest BCUT2D eigenvalue weighted by Crippen LogP contribution is 2.42. The molecule has 3 N–H and O–H groups in total. The van der Waals surface area contributed by atoms with E-state index in [0.29, 0.717) is 69.5 Å². The average Bonchev–Trinajstić information content (AvgIpc) is 3.62. The smallest absolute Gasteiger partial charge is 0.329 e. The number of piperidine rings is 2. The lowest BCUT2D eigenvalue weighted by Crippen LogP contribution is -2.57. The van der Waals surface area contributed by atoms with Crippen LogP contribution in [-0.4, -0.2) is 135 Å². The second-order valence-corrected chi connectivity index (χ2v) is 24.1. The van der Waals surface area contributed by atoms with Crippen LogP contribution in [-0.2, 0) is 34.2 Å². The number of nitrogens with zero attached hydrogens (tertiary/aromatic N) is 10. The van der Waals surface area contributed by atoms with Gasteiger partial charge in [0.05, 0.1) is 50.8 Å². The van der Waals surface area contributed by atoms with Crippen molar-refractivity contribution < 1.29 is 18.9 Å². The summed E-state index contributed by atoms with van der Waals surface area (Å²) in [4.78, 5) is 70.8. The number of nitrogens with one attached hydrogen (secondary N) is 3. The Kier molecular flexibility index (Phi) is 14.3. The van der Waals surface area contributed by atoms with E-state index in [4.69, 9.17) is 9.72 Å². The zero-order valence-electron chi connectivity index (χ0n) is 42.5. The summed E-state index contributed by atoms with van der Waals surface area (Å²) < 4.78 is 25.3. The average molecular weight is 1080 g/mol. The maximum atomic E-state index is 13.8. The molecule has 0 bridgehead atoms. The van der Waals surface area contributed by atoms with Crippen molar-refractivity contribution in [3.8, 4) is 5.75 Å². The molecule has 6 aromatic rings. The Labute approximate surface area is 432 Å². The van der Waals surface area contributed by atoms with Gasteiger partial charge in [0, 0.05) is 120 Å². The van der Waals surface area contributed by atoms with Gasteiger partial charge in [0.2, 0.25) is 17.8 Å². The van der Waals surface area contributed by atoms with Crippen molar-refractivity contribution >= 4 is 96.5 Å². The Bertz CT molecular complexity index is 3280. The largest absolute Gasteiger partial charge is 0.492 e. The highest BCUT2D eigenvalue weighted by molar-refractivity contribution is 9.10. The van der Waals surface area contributed by atoms with Crippen LogP contribution in [0.2, 0.25) is 0 Å². The van der Waals surface area contributed by atoms with Gasteiger partial charge in [-0.2, -0.15) is 10.1 Å². The van der Waals surface area contributed by atoms with Gasteiger partial charge in [-0.1, -0.05) is 13.0 Å². The molecule has 0 spiro atoms. The zero-order valence-corrected chi connectivity index (χ0v) is 45.0. The number of carbonyl (C=O) groups excluding carboxylic acids is 2. The monoisotopic (exact) mass is 1080 g/mol. The molecule has 7 heterocycles. The molecule has 73 heavy (non-hydrogen) atoms. The predicted molar refractivity (Wildman–Crippen MR) is 292 cm³/mol. The molecule has 21 heteroatoms. The summed E-state index contributed by atoms with van der Waals surface area (Å²) >= 11 is 3.61. The molecule has 2 amide bonds. The summed E-state index contributed by atoms with van der Waals surface area (Å²) in [5.41, 5.74) is 5.81. The maximum absolute atomic E-state index is 13.8. The molecule has 0 aliphatic carbocycles. The van der Waals surface area contributed by atoms with Gasteiger partial charge in [-0.15, -0.1) is 0 Å². The number of imidazole rings is 1. The lowest BCUT2D eigenvalue weighted by Gasteiger charge is -2.47. The Morgan fingerprint density at radius 1 is 0.863 bits per heavy atom. The first-order chi connectivity index (χ1) is 35.1. The first-order valence-electron chi connectivity index (χ1n) is 25.6. The van der Waals surface area contributed by atoms with Gasteiger partial charge in [-0.3, -0.25) is 33.7 Å². The number of amides is 2.